The normalized spacial score (nSPS) is 27.7. The third kappa shape index (κ3) is 4.30. The second-order valence-corrected chi connectivity index (χ2v) is 9.03. The van der Waals surface area contributed by atoms with Crippen LogP contribution in [0.3, 0.4) is 0 Å². The Bertz CT molecular complexity index is 555. The summed E-state index contributed by atoms with van der Waals surface area (Å²) < 4.78 is 23.4. The number of hydrogen-bond donors (Lipinski definition) is 1. The van der Waals surface area contributed by atoms with Crippen LogP contribution in [0.4, 0.5) is 0 Å². The van der Waals surface area contributed by atoms with Crippen molar-refractivity contribution in [3.8, 4) is 0 Å². The molecule has 0 aliphatic heterocycles. The molecule has 1 N–H and O–H groups in total. The van der Waals surface area contributed by atoms with Gasteiger partial charge in [0.1, 0.15) is 0 Å². The quantitative estimate of drug-likeness (QED) is 0.879. The Kier molecular flexibility index (Phi) is 5.10. The van der Waals surface area contributed by atoms with Crippen LogP contribution >= 0.6 is 0 Å². The second kappa shape index (κ2) is 6.49. The van der Waals surface area contributed by atoms with Crippen LogP contribution in [0, 0.1) is 0 Å². The number of sulfone groups is 1. The van der Waals surface area contributed by atoms with E-state index in [-0.39, 0.29) is 23.0 Å². The van der Waals surface area contributed by atoms with Gasteiger partial charge in [0, 0.05) is 17.8 Å². The Morgan fingerprint density at radius 2 is 2.00 bits per heavy atom. The molecule has 0 unspecified atom stereocenters. The highest BCUT2D eigenvalue weighted by Gasteiger charge is 2.36. The van der Waals surface area contributed by atoms with Gasteiger partial charge in [-0.25, -0.2) is 8.42 Å². The minimum Gasteiger partial charge on any atom is -0.310 e. The van der Waals surface area contributed by atoms with E-state index in [2.05, 4.69) is 42.6 Å². The summed E-state index contributed by atoms with van der Waals surface area (Å²) in [5, 5.41) is 3.52. The van der Waals surface area contributed by atoms with Crippen LogP contribution in [0.25, 0.3) is 0 Å². The third-order valence-corrected chi connectivity index (χ3v) is 6.56. The Morgan fingerprint density at radius 3 is 2.62 bits per heavy atom. The third-order valence-electron chi connectivity index (χ3n) is 4.68. The topological polar surface area (TPSA) is 46.2 Å². The molecule has 0 radical (unpaired) electrons. The predicted molar refractivity (Wildman–Crippen MR) is 88.4 cm³/mol. The van der Waals surface area contributed by atoms with Crippen molar-refractivity contribution in [1.82, 2.24) is 5.32 Å². The van der Waals surface area contributed by atoms with Crippen molar-refractivity contribution < 1.29 is 8.42 Å². The minimum atomic E-state index is -2.90. The van der Waals surface area contributed by atoms with Crippen LogP contribution in [0.5, 0.6) is 0 Å². The molecule has 1 aromatic rings. The Hall–Kier alpha value is -0.870. The average Bonchev–Trinajstić information content (AvgIpc) is 2.82. The minimum absolute atomic E-state index is 0.0260. The summed E-state index contributed by atoms with van der Waals surface area (Å²) in [5.74, 6) is 0.466. The molecule has 21 heavy (non-hydrogen) atoms. The standard InChI is InChI=1S/C17H27NO2S/c1-4-21(19,20)13-14(2)18-16-10-11-17(3,12-16)15-8-6-5-7-9-15/h5-9,14,16,18H,4,10-13H2,1-3H3/t14-,16-,17-/m0/s1. The fraction of sp³-hybridized carbons (Fsp3) is 0.647. The van der Waals surface area contributed by atoms with Crippen molar-refractivity contribution in [2.75, 3.05) is 11.5 Å². The lowest BCUT2D eigenvalue weighted by Gasteiger charge is -2.26. The molecule has 0 heterocycles. The van der Waals surface area contributed by atoms with Gasteiger partial charge >= 0.3 is 0 Å². The Morgan fingerprint density at radius 1 is 1.33 bits per heavy atom. The smallest absolute Gasteiger partial charge is 0.151 e. The van der Waals surface area contributed by atoms with E-state index in [0.717, 1.165) is 19.3 Å². The summed E-state index contributed by atoms with van der Waals surface area (Å²) in [4.78, 5) is 0. The summed E-state index contributed by atoms with van der Waals surface area (Å²) in [6.07, 6.45) is 3.34. The first-order valence-corrected chi connectivity index (χ1v) is 9.69. The van der Waals surface area contributed by atoms with Gasteiger partial charge in [-0.2, -0.15) is 0 Å². The highest BCUT2D eigenvalue weighted by atomic mass is 32.2. The van der Waals surface area contributed by atoms with E-state index < -0.39 is 9.84 Å². The van der Waals surface area contributed by atoms with Crippen LogP contribution in [0.15, 0.2) is 30.3 Å². The molecule has 0 bridgehead atoms. The zero-order chi connectivity index (χ0) is 15.5. The molecule has 0 spiro atoms. The molecule has 2 rings (SSSR count). The molecule has 0 amide bonds. The molecule has 0 aromatic heterocycles. The molecule has 0 saturated heterocycles. The molecule has 4 heteroatoms. The monoisotopic (exact) mass is 309 g/mol. The molecule has 118 valence electrons. The Labute approximate surface area is 129 Å². The largest absolute Gasteiger partial charge is 0.310 e. The van der Waals surface area contributed by atoms with Crippen LogP contribution in [0.2, 0.25) is 0 Å². The number of rotatable bonds is 6. The van der Waals surface area contributed by atoms with Crippen molar-refractivity contribution in [2.45, 2.75) is 57.5 Å². The number of nitrogens with one attached hydrogen (secondary N) is 1. The second-order valence-electron chi connectivity index (χ2n) is 6.63. The first kappa shape index (κ1) is 16.5. The van der Waals surface area contributed by atoms with Gasteiger partial charge in [-0.15, -0.1) is 0 Å². The van der Waals surface area contributed by atoms with E-state index in [1.54, 1.807) is 6.92 Å². The molecular weight excluding hydrogens is 282 g/mol. The van der Waals surface area contributed by atoms with Gasteiger partial charge in [0.2, 0.25) is 0 Å². The van der Waals surface area contributed by atoms with Crippen LogP contribution in [0.1, 0.15) is 45.6 Å². The van der Waals surface area contributed by atoms with E-state index in [1.807, 2.05) is 6.92 Å². The summed E-state index contributed by atoms with van der Waals surface area (Å²) in [5.41, 5.74) is 1.60. The summed E-state index contributed by atoms with van der Waals surface area (Å²) in [7, 11) is -2.90. The first-order chi connectivity index (χ1) is 9.85. The number of benzene rings is 1. The molecule has 1 fully saturated rings. The van der Waals surface area contributed by atoms with Gasteiger partial charge in [0.25, 0.3) is 0 Å². The summed E-state index contributed by atoms with van der Waals surface area (Å²) >= 11 is 0. The van der Waals surface area contributed by atoms with Crippen LogP contribution in [-0.4, -0.2) is 32.0 Å². The Balaban J connectivity index is 1.94. The van der Waals surface area contributed by atoms with E-state index >= 15 is 0 Å². The average molecular weight is 309 g/mol. The molecule has 1 saturated carbocycles. The van der Waals surface area contributed by atoms with Crippen molar-refractivity contribution in [3.63, 3.8) is 0 Å². The van der Waals surface area contributed by atoms with Gasteiger partial charge in [-0.1, -0.05) is 44.2 Å². The molecule has 3 atom stereocenters. The maximum absolute atomic E-state index is 11.7. The SMILES string of the molecule is CCS(=O)(=O)C[C@H](C)N[C@H]1CC[C@](C)(c2ccccc2)C1. The summed E-state index contributed by atoms with van der Waals surface area (Å²) in [6.45, 7) is 6.01. The highest BCUT2D eigenvalue weighted by molar-refractivity contribution is 7.91. The zero-order valence-corrected chi connectivity index (χ0v) is 14.1. The van der Waals surface area contributed by atoms with Crippen LogP contribution < -0.4 is 5.32 Å². The highest BCUT2D eigenvalue weighted by Crippen LogP contribution is 2.40. The van der Waals surface area contributed by atoms with Gasteiger partial charge in [0.05, 0.1) is 5.75 Å². The summed E-state index contributed by atoms with van der Waals surface area (Å²) in [6, 6.07) is 11.1. The van der Waals surface area contributed by atoms with Crippen molar-refractivity contribution >= 4 is 9.84 Å². The van der Waals surface area contributed by atoms with E-state index in [4.69, 9.17) is 0 Å². The van der Waals surface area contributed by atoms with Gasteiger partial charge in [-0.3, -0.25) is 0 Å². The first-order valence-electron chi connectivity index (χ1n) is 7.87. The van der Waals surface area contributed by atoms with Crippen molar-refractivity contribution in [1.29, 1.82) is 0 Å². The van der Waals surface area contributed by atoms with Gasteiger partial charge in [0.15, 0.2) is 9.84 Å². The van der Waals surface area contributed by atoms with Crippen molar-refractivity contribution in [3.05, 3.63) is 35.9 Å². The fourth-order valence-corrected chi connectivity index (χ4v) is 4.53. The molecule has 1 aliphatic rings. The lowest BCUT2D eigenvalue weighted by Crippen LogP contribution is -2.40. The number of hydrogen-bond acceptors (Lipinski definition) is 3. The molecule has 1 aliphatic carbocycles. The van der Waals surface area contributed by atoms with Gasteiger partial charge < -0.3 is 5.32 Å². The van der Waals surface area contributed by atoms with E-state index in [1.165, 1.54) is 5.56 Å². The predicted octanol–water partition coefficient (Wildman–Crippen LogP) is 2.91. The van der Waals surface area contributed by atoms with E-state index in [9.17, 15) is 8.42 Å². The maximum Gasteiger partial charge on any atom is 0.151 e. The lowest BCUT2D eigenvalue weighted by molar-refractivity contribution is 0.429. The fourth-order valence-electron chi connectivity index (χ4n) is 3.43. The maximum atomic E-state index is 11.7. The molecule has 1 aromatic carbocycles. The van der Waals surface area contributed by atoms with Crippen molar-refractivity contribution in [2.24, 2.45) is 0 Å². The van der Waals surface area contributed by atoms with E-state index in [0.29, 0.717) is 6.04 Å². The zero-order valence-electron chi connectivity index (χ0n) is 13.3. The lowest BCUT2D eigenvalue weighted by atomic mass is 9.81. The molecule has 3 nitrogen and oxygen atoms in total. The molecular formula is C17H27NO2S. The van der Waals surface area contributed by atoms with Crippen LogP contribution in [-0.2, 0) is 15.3 Å². The van der Waals surface area contributed by atoms with Gasteiger partial charge in [-0.05, 0) is 37.2 Å².